The van der Waals surface area contributed by atoms with Crippen molar-refractivity contribution >= 4 is 33.6 Å². The molecule has 0 spiro atoms. The van der Waals surface area contributed by atoms with Crippen molar-refractivity contribution in [2.24, 2.45) is 5.10 Å². The third-order valence-corrected chi connectivity index (χ3v) is 3.38. The van der Waals surface area contributed by atoms with Gasteiger partial charge in [-0.3, -0.25) is 4.79 Å². The molecule has 5 heteroatoms. The maximum absolute atomic E-state index is 13.4. The minimum atomic E-state index is -0.301. The minimum absolute atomic E-state index is 0.300. The largest absolute Gasteiger partial charge is 0.271 e. The van der Waals surface area contributed by atoms with E-state index in [-0.39, 0.29) is 11.7 Å². The van der Waals surface area contributed by atoms with Crippen LogP contribution in [0.3, 0.4) is 0 Å². The summed E-state index contributed by atoms with van der Waals surface area (Å²) in [7, 11) is 0. The van der Waals surface area contributed by atoms with E-state index in [0.29, 0.717) is 16.8 Å². The van der Waals surface area contributed by atoms with Crippen LogP contribution in [0.25, 0.3) is 6.08 Å². The average Bonchev–Trinajstić information content (AvgIpc) is 2.52. The maximum Gasteiger partial charge on any atom is 0.271 e. The molecule has 1 amide bonds. The highest BCUT2D eigenvalue weighted by Crippen LogP contribution is 2.10. The second-order valence-corrected chi connectivity index (χ2v) is 5.47. The molecule has 0 aliphatic heterocycles. The Kier molecular flexibility index (Phi) is 5.61. The third kappa shape index (κ3) is 4.63. The first-order valence-corrected chi connectivity index (χ1v) is 7.38. The predicted octanol–water partition coefficient (Wildman–Crippen LogP) is 4.41. The summed E-state index contributed by atoms with van der Waals surface area (Å²) in [6, 6.07) is 13.4. The molecule has 0 aromatic heterocycles. The van der Waals surface area contributed by atoms with Gasteiger partial charge in [-0.05, 0) is 43.3 Å². The highest BCUT2D eigenvalue weighted by molar-refractivity contribution is 9.10. The van der Waals surface area contributed by atoms with Gasteiger partial charge in [0, 0.05) is 15.6 Å². The van der Waals surface area contributed by atoms with Gasteiger partial charge in [0.25, 0.3) is 5.91 Å². The second-order valence-electron chi connectivity index (χ2n) is 4.56. The fourth-order valence-electron chi connectivity index (χ4n) is 1.66. The van der Waals surface area contributed by atoms with E-state index >= 15 is 0 Å². The van der Waals surface area contributed by atoms with Gasteiger partial charge >= 0.3 is 0 Å². The van der Waals surface area contributed by atoms with Crippen molar-refractivity contribution in [2.75, 3.05) is 0 Å². The SMILES string of the molecule is CC(/C=C/c1ccccc1F)=NNC(=O)c1ccc(Br)cc1. The number of amides is 1. The Balaban J connectivity index is 1.99. The first-order chi connectivity index (χ1) is 10.6. The molecule has 2 aromatic carbocycles. The number of hydrazone groups is 1. The molecule has 0 atom stereocenters. The molecule has 2 rings (SSSR count). The molecule has 0 radical (unpaired) electrons. The number of allylic oxidation sites excluding steroid dienone is 1. The lowest BCUT2D eigenvalue weighted by Crippen LogP contribution is -2.18. The number of benzene rings is 2. The van der Waals surface area contributed by atoms with Crippen LogP contribution in [0.15, 0.2) is 64.2 Å². The Morgan fingerprint density at radius 2 is 1.86 bits per heavy atom. The zero-order valence-corrected chi connectivity index (χ0v) is 13.5. The first kappa shape index (κ1) is 16.1. The van der Waals surface area contributed by atoms with Gasteiger partial charge in [0.05, 0.1) is 5.71 Å². The van der Waals surface area contributed by atoms with Crippen LogP contribution in [0, 0.1) is 5.82 Å². The third-order valence-electron chi connectivity index (χ3n) is 2.85. The van der Waals surface area contributed by atoms with Gasteiger partial charge in [-0.1, -0.05) is 40.2 Å². The summed E-state index contributed by atoms with van der Waals surface area (Å²) in [4.78, 5) is 11.9. The first-order valence-electron chi connectivity index (χ1n) is 6.59. The lowest BCUT2D eigenvalue weighted by atomic mass is 10.2. The molecule has 0 bridgehead atoms. The Bertz CT molecular complexity index is 724. The number of rotatable bonds is 4. The van der Waals surface area contributed by atoms with Gasteiger partial charge in [-0.25, -0.2) is 9.82 Å². The van der Waals surface area contributed by atoms with Crippen molar-refractivity contribution in [1.82, 2.24) is 5.43 Å². The molecule has 0 unspecified atom stereocenters. The number of hydrogen-bond donors (Lipinski definition) is 1. The summed E-state index contributed by atoms with van der Waals surface area (Å²) in [5.41, 5.74) is 4.00. The number of carbonyl (C=O) groups excluding carboxylic acids is 1. The van der Waals surface area contributed by atoms with E-state index in [1.807, 2.05) is 0 Å². The summed E-state index contributed by atoms with van der Waals surface area (Å²) in [6.45, 7) is 1.72. The van der Waals surface area contributed by atoms with Crippen LogP contribution < -0.4 is 5.43 Å². The fraction of sp³-hybridized carbons (Fsp3) is 0.0588. The zero-order chi connectivity index (χ0) is 15.9. The van der Waals surface area contributed by atoms with E-state index < -0.39 is 0 Å². The van der Waals surface area contributed by atoms with Crippen LogP contribution in [0.1, 0.15) is 22.8 Å². The van der Waals surface area contributed by atoms with Gasteiger partial charge in [0.2, 0.25) is 0 Å². The van der Waals surface area contributed by atoms with Crippen molar-refractivity contribution in [3.8, 4) is 0 Å². The number of nitrogens with zero attached hydrogens (tertiary/aromatic N) is 1. The molecule has 1 N–H and O–H groups in total. The Labute approximate surface area is 136 Å². The van der Waals surface area contributed by atoms with E-state index in [0.717, 1.165) is 4.47 Å². The van der Waals surface area contributed by atoms with Crippen molar-refractivity contribution in [1.29, 1.82) is 0 Å². The van der Waals surface area contributed by atoms with E-state index in [4.69, 9.17) is 0 Å². The zero-order valence-electron chi connectivity index (χ0n) is 11.9. The van der Waals surface area contributed by atoms with Crippen molar-refractivity contribution in [3.05, 3.63) is 76.0 Å². The second kappa shape index (κ2) is 7.66. The molecular weight excluding hydrogens is 347 g/mol. The summed E-state index contributed by atoms with van der Waals surface area (Å²) >= 11 is 3.31. The molecule has 2 aromatic rings. The van der Waals surface area contributed by atoms with Crippen LogP contribution in [0.4, 0.5) is 4.39 Å². The Morgan fingerprint density at radius 3 is 2.55 bits per heavy atom. The normalized spacial score (nSPS) is 11.7. The molecule has 0 aliphatic carbocycles. The van der Waals surface area contributed by atoms with Gasteiger partial charge in [-0.2, -0.15) is 5.10 Å². The number of carbonyl (C=O) groups is 1. The molecule has 0 fully saturated rings. The highest BCUT2D eigenvalue weighted by atomic mass is 79.9. The van der Waals surface area contributed by atoms with Crippen molar-refractivity contribution in [3.63, 3.8) is 0 Å². The molecule has 0 saturated carbocycles. The Hall–Kier alpha value is -2.27. The van der Waals surface area contributed by atoms with E-state index in [1.165, 1.54) is 6.07 Å². The average molecular weight is 361 g/mol. The van der Waals surface area contributed by atoms with Gasteiger partial charge in [0.15, 0.2) is 0 Å². The van der Waals surface area contributed by atoms with Crippen LogP contribution in [-0.2, 0) is 0 Å². The standard InChI is InChI=1S/C17H14BrFN2O/c1-12(6-7-13-4-2-3-5-16(13)19)20-21-17(22)14-8-10-15(18)11-9-14/h2-11H,1H3,(H,21,22)/b7-6+,20-12?. The smallest absolute Gasteiger partial charge is 0.267 e. The van der Waals surface area contributed by atoms with Gasteiger partial charge in [0.1, 0.15) is 5.82 Å². The monoisotopic (exact) mass is 360 g/mol. The van der Waals surface area contributed by atoms with Crippen LogP contribution in [-0.4, -0.2) is 11.6 Å². The predicted molar refractivity (Wildman–Crippen MR) is 90.2 cm³/mol. The highest BCUT2D eigenvalue weighted by Gasteiger charge is 2.03. The van der Waals surface area contributed by atoms with Gasteiger partial charge in [-0.15, -0.1) is 0 Å². The van der Waals surface area contributed by atoms with E-state index in [1.54, 1.807) is 61.5 Å². The minimum Gasteiger partial charge on any atom is -0.267 e. The topological polar surface area (TPSA) is 41.5 Å². The number of halogens is 2. The summed E-state index contributed by atoms with van der Waals surface area (Å²) < 4.78 is 14.3. The van der Waals surface area contributed by atoms with Crippen LogP contribution >= 0.6 is 15.9 Å². The molecule has 0 saturated heterocycles. The molecular formula is C17H14BrFN2O. The van der Waals surface area contributed by atoms with Gasteiger partial charge < -0.3 is 0 Å². The Morgan fingerprint density at radius 1 is 1.18 bits per heavy atom. The lowest BCUT2D eigenvalue weighted by molar-refractivity contribution is 0.0955. The summed E-state index contributed by atoms with van der Waals surface area (Å²) in [5, 5.41) is 3.96. The fourth-order valence-corrected chi connectivity index (χ4v) is 1.93. The molecule has 3 nitrogen and oxygen atoms in total. The van der Waals surface area contributed by atoms with E-state index in [9.17, 15) is 9.18 Å². The summed E-state index contributed by atoms with van der Waals surface area (Å²) in [6.07, 6.45) is 3.25. The molecule has 0 heterocycles. The molecule has 112 valence electrons. The van der Waals surface area contributed by atoms with Crippen molar-refractivity contribution in [2.45, 2.75) is 6.92 Å². The lowest BCUT2D eigenvalue weighted by Gasteiger charge is -2.01. The maximum atomic E-state index is 13.4. The molecule has 22 heavy (non-hydrogen) atoms. The number of nitrogens with one attached hydrogen (secondary N) is 1. The number of hydrogen-bond acceptors (Lipinski definition) is 2. The molecule has 0 aliphatic rings. The quantitative estimate of drug-likeness (QED) is 0.636. The van der Waals surface area contributed by atoms with Crippen LogP contribution in [0.2, 0.25) is 0 Å². The van der Waals surface area contributed by atoms with Crippen molar-refractivity contribution < 1.29 is 9.18 Å². The van der Waals surface area contributed by atoms with Crippen LogP contribution in [0.5, 0.6) is 0 Å². The van der Waals surface area contributed by atoms with E-state index in [2.05, 4.69) is 26.5 Å². The summed E-state index contributed by atoms with van der Waals surface area (Å²) in [5.74, 6) is -0.600.